The SMILES string of the molecule is CC[C@@H]1N[C@@H]2CCC[C@@H]2[C@H]1O. The normalized spacial score (nSPS) is 49.6. The first-order chi connectivity index (χ1) is 5.33. The summed E-state index contributed by atoms with van der Waals surface area (Å²) in [6.45, 7) is 2.14. The molecule has 4 atom stereocenters. The van der Waals surface area contributed by atoms with Crippen molar-refractivity contribution in [3.63, 3.8) is 0 Å². The average Bonchev–Trinajstić information content (AvgIpc) is 2.53. The van der Waals surface area contributed by atoms with E-state index in [9.17, 15) is 5.11 Å². The lowest BCUT2D eigenvalue weighted by atomic mass is 9.97. The third-order valence-corrected chi connectivity index (χ3v) is 3.29. The first kappa shape index (κ1) is 7.56. The molecule has 0 aromatic rings. The lowest BCUT2D eigenvalue weighted by molar-refractivity contribution is 0.113. The van der Waals surface area contributed by atoms with E-state index in [1.54, 1.807) is 0 Å². The van der Waals surface area contributed by atoms with E-state index in [0.717, 1.165) is 6.42 Å². The summed E-state index contributed by atoms with van der Waals surface area (Å²) in [5, 5.41) is 13.3. The number of aliphatic hydroxyl groups excluding tert-OH is 1. The van der Waals surface area contributed by atoms with Crippen LogP contribution in [0.3, 0.4) is 0 Å². The topological polar surface area (TPSA) is 32.3 Å². The van der Waals surface area contributed by atoms with Crippen LogP contribution in [0.2, 0.25) is 0 Å². The van der Waals surface area contributed by atoms with Crippen molar-refractivity contribution in [3.8, 4) is 0 Å². The summed E-state index contributed by atoms with van der Waals surface area (Å²) < 4.78 is 0. The number of hydrogen-bond acceptors (Lipinski definition) is 2. The highest BCUT2D eigenvalue weighted by atomic mass is 16.3. The third-order valence-electron chi connectivity index (χ3n) is 3.29. The van der Waals surface area contributed by atoms with Crippen LogP contribution in [0.1, 0.15) is 32.6 Å². The van der Waals surface area contributed by atoms with Crippen molar-refractivity contribution in [1.29, 1.82) is 0 Å². The van der Waals surface area contributed by atoms with Crippen molar-refractivity contribution in [2.45, 2.75) is 50.8 Å². The van der Waals surface area contributed by atoms with Gasteiger partial charge in [0.25, 0.3) is 0 Å². The van der Waals surface area contributed by atoms with Crippen molar-refractivity contribution >= 4 is 0 Å². The van der Waals surface area contributed by atoms with Gasteiger partial charge in [-0.25, -0.2) is 0 Å². The van der Waals surface area contributed by atoms with Crippen molar-refractivity contribution in [1.82, 2.24) is 5.32 Å². The molecule has 0 spiro atoms. The molecule has 0 aromatic carbocycles. The Kier molecular flexibility index (Phi) is 1.90. The van der Waals surface area contributed by atoms with E-state index in [1.165, 1.54) is 19.3 Å². The largest absolute Gasteiger partial charge is 0.391 e. The van der Waals surface area contributed by atoms with Gasteiger partial charge in [0.15, 0.2) is 0 Å². The molecule has 2 fully saturated rings. The number of aliphatic hydroxyl groups is 1. The third kappa shape index (κ3) is 1.09. The predicted octanol–water partition coefficient (Wildman–Crippen LogP) is 0.898. The summed E-state index contributed by atoms with van der Waals surface area (Å²) in [7, 11) is 0. The summed E-state index contributed by atoms with van der Waals surface area (Å²) in [5.74, 6) is 0.569. The van der Waals surface area contributed by atoms with Crippen molar-refractivity contribution < 1.29 is 5.11 Å². The van der Waals surface area contributed by atoms with E-state index in [0.29, 0.717) is 18.0 Å². The zero-order valence-corrected chi connectivity index (χ0v) is 7.09. The predicted molar refractivity (Wildman–Crippen MR) is 44.4 cm³/mol. The van der Waals surface area contributed by atoms with Gasteiger partial charge in [0, 0.05) is 18.0 Å². The Balaban J connectivity index is 2.04. The molecule has 0 radical (unpaired) electrons. The van der Waals surface area contributed by atoms with Crippen molar-refractivity contribution in [3.05, 3.63) is 0 Å². The van der Waals surface area contributed by atoms with Crippen molar-refractivity contribution in [2.75, 3.05) is 0 Å². The molecule has 0 amide bonds. The smallest absolute Gasteiger partial charge is 0.0736 e. The van der Waals surface area contributed by atoms with Crippen LogP contribution < -0.4 is 5.32 Å². The molecule has 1 aliphatic heterocycles. The van der Waals surface area contributed by atoms with E-state index in [2.05, 4.69) is 12.2 Å². The van der Waals surface area contributed by atoms with E-state index in [4.69, 9.17) is 0 Å². The number of fused-ring (bicyclic) bond motifs is 1. The van der Waals surface area contributed by atoms with Gasteiger partial charge >= 0.3 is 0 Å². The van der Waals surface area contributed by atoms with E-state index in [1.807, 2.05) is 0 Å². The fraction of sp³-hybridized carbons (Fsp3) is 1.00. The monoisotopic (exact) mass is 155 g/mol. The summed E-state index contributed by atoms with van der Waals surface area (Å²) in [4.78, 5) is 0. The molecule has 1 saturated heterocycles. The fourth-order valence-electron chi connectivity index (χ4n) is 2.64. The van der Waals surface area contributed by atoms with Gasteiger partial charge < -0.3 is 10.4 Å². The van der Waals surface area contributed by atoms with Crippen LogP contribution in [0.5, 0.6) is 0 Å². The summed E-state index contributed by atoms with van der Waals surface area (Å²) in [6.07, 6.45) is 4.81. The maximum atomic E-state index is 9.80. The second-order valence-corrected chi connectivity index (χ2v) is 3.87. The van der Waals surface area contributed by atoms with Crippen LogP contribution in [0.4, 0.5) is 0 Å². The second-order valence-electron chi connectivity index (χ2n) is 3.87. The lowest BCUT2D eigenvalue weighted by Crippen LogP contribution is -2.32. The number of nitrogens with one attached hydrogen (secondary N) is 1. The molecule has 0 aromatic heterocycles. The Hall–Kier alpha value is -0.0800. The molecule has 1 aliphatic carbocycles. The average molecular weight is 155 g/mol. The maximum absolute atomic E-state index is 9.80. The fourth-order valence-corrected chi connectivity index (χ4v) is 2.64. The summed E-state index contributed by atoms with van der Waals surface area (Å²) in [5.41, 5.74) is 0. The molecule has 2 aliphatic rings. The molecule has 0 unspecified atom stereocenters. The van der Waals surface area contributed by atoms with E-state index in [-0.39, 0.29) is 6.10 Å². The molecule has 2 N–H and O–H groups in total. The van der Waals surface area contributed by atoms with Gasteiger partial charge in [-0.2, -0.15) is 0 Å². The number of hydrogen-bond donors (Lipinski definition) is 2. The Labute approximate surface area is 68.0 Å². The minimum Gasteiger partial charge on any atom is -0.391 e. The molecule has 0 bridgehead atoms. The Bertz CT molecular complexity index is 148. The van der Waals surface area contributed by atoms with Gasteiger partial charge in [-0.15, -0.1) is 0 Å². The molecule has 2 heteroatoms. The first-order valence-corrected chi connectivity index (χ1v) is 4.77. The van der Waals surface area contributed by atoms with Gasteiger partial charge in [0.1, 0.15) is 0 Å². The van der Waals surface area contributed by atoms with Gasteiger partial charge in [0.2, 0.25) is 0 Å². The molecule has 1 saturated carbocycles. The molecular formula is C9H17NO. The van der Waals surface area contributed by atoms with Crippen molar-refractivity contribution in [2.24, 2.45) is 5.92 Å². The standard InChI is InChI=1S/C9H17NO/c1-2-7-9(11)6-4-3-5-8(6)10-7/h6-11H,2-5H2,1H3/t6-,7-,8+,9+/m0/s1. The minimum absolute atomic E-state index is 0.0625. The minimum atomic E-state index is -0.0625. The summed E-state index contributed by atoms with van der Waals surface area (Å²) >= 11 is 0. The molecule has 1 heterocycles. The van der Waals surface area contributed by atoms with Crippen LogP contribution in [0.25, 0.3) is 0 Å². The Morgan fingerprint density at radius 1 is 1.45 bits per heavy atom. The summed E-state index contributed by atoms with van der Waals surface area (Å²) in [6, 6.07) is 1.01. The zero-order chi connectivity index (χ0) is 7.84. The molecular weight excluding hydrogens is 138 g/mol. The molecule has 64 valence electrons. The Morgan fingerprint density at radius 3 is 2.91 bits per heavy atom. The van der Waals surface area contributed by atoms with Crippen LogP contribution in [0, 0.1) is 5.92 Å². The molecule has 2 rings (SSSR count). The zero-order valence-electron chi connectivity index (χ0n) is 7.09. The van der Waals surface area contributed by atoms with Gasteiger partial charge in [-0.1, -0.05) is 13.3 Å². The molecule has 11 heavy (non-hydrogen) atoms. The van der Waals surface area contributed by atoms with Crippen LogP contribution >= 0.6 is 0 Å². The van der Waals surface area contributed by atoms with Crippen LogP contribution in [-0.4, -0.2) is 23.3 Å². The highest BCUT2D eigenvalue weighted by molar-refractivity contribution is 5.00. The lowest BCUT2D eigenvalue weighted by Gasteiger charge is -2.15. The van der Waals surface area contributed by atoms with Crippen LogP contribution in [-0.2, 0) is 0 Å². The van der Waals surface area contributed by atoms with Gasteiger partial charge in [0.05, 0.1) is 6.10 Å². The maximum Gasteiger partial charge on any atom is 0.0736 e. The highest BCUT2D eigenvalue weighted by Crippen LogP contribution is 2.35. The number of rotatable bonds is 1. The molecule has 2 nitrogen and oxygen atoms in total. The van der Waals surface area contributed by atoms with E-state index < -0.39 is 0 Å². The second kappa shape index (κ2) is 2.76. The first-order valence-electron chi connectivity index (χ1n) is 4.77. The highest BCUT2D eigenvalue weighted by Gasteiger charge is 2.43. The van der Waals surface area contributed by atoms with E-state index >= 15 is 0 Å². The Morgan fingerprint density at radius 2 is 2.27 bits per heavy atom. The van der Waals surface area contributed by atoms with Crippen LogP contribution in [0.15, 0.2) is 0 Å². The van der Waals surface area contributed by atoms with Gasteiger partial charge in [-0.05, 0) is 19.3 Å². The van der Waals surface area contributed by atoms with Gasteiger partial charge in [-0.3, -0.25) is 0 Å². The quantitative estimate of drug-likeness (QED) is 0.589.